The number of hydrogen-bond donors (Lipinski definition) is 24. The standard InChI is InChI=1S/3C9H14F6O4Si.C8H10F6O3Si.21CH4O/c3*1-17-20(18-2,19-3)6-4-5-7(16,8(10,11)12)9(13,14)15;1-15-18(16-2)5-3-4-6(17-18,7(9,10)11)8(12,13)14;21*1-2/h3*4,6,16H,5H2,1-3H3;3,5H,4H2,1-2H3;21*2H,1H3/b2*6-4+;6-4-;;;;;;;;;;;;;;;;;;;;;;. The molecule has 36 nitrogen and oxygen atoms in total. The summed E-state index contributed by atoms with van der Waals surface area (Å²) in [5.41, 5.74) is -15.3. The first kappa shape index (κ1) is 182. The lowest BCUT2D eigenvalue weighted by molar-refractivity contribution is -0.367. The highest BCUT2D eigenvalue weighted by Crippen LogP contribution is 2.52. The summed E-state index contributed by atoms with van der Waals surface area (Å²) >= 11 is 0. The van der Waals surface area contributed by atoms with Crippen molar-refractivity contribution in [2.45, 2.75) is 97.5 Å². The van der Waals surface area contributed by atoms with Crippen molar-refractivity contribution in [3.63, 3.8) is 0 Å². The Balaban J connectivity index is -0.0000000403. The van der Waals surface area contributed by atoms with Gasteiger partial charge in [-0.2, -0.15) is 105 Å². The first-order valence-electron chi connectivity index (χ1n) is 29.3. The molecule has 1 heterocycles. The summed E-state index contributed by atoms with van der Waals surface area (Å²) in [7, 11) is 18.5. The zero-order chi connectivity index (χ0) is 105. The molecule has 0 aromatic heterocycles. The minimum Gasteiger partial charge on any atom is -0.400 e. The van der Waals surface area contributed by atoms with Gasteiger partial charge in [-0.05, 0) is 22.8 Å². The normalized spacial score (nSPS) is 12.1. The molecule has 0 aromatic rings. The number of alkyl halides is 24. The topological polar surface area (TPSA) is 596 Å². The summed E-state index contributed by atoms with van der Waals surface area (Å²) in [5.74, 6) is 0. The fourth-order valence-corrected chi connectivity index (χ4v) is 11.0. The molecule has 1 aliphatic rings. The molecule has 0 saturated heterocycles. The van der Waals surface area contributed by atoms with Gasteiger partial charge in [0.05, 0.1) is 0 Å². The third kappa shape index (κ3) is 76.0. The van der Waals surface area contributed by atoms with Gasteiger partial charge >= 0.3 is 84.6 Å². The molecule has 0 radical (unpaired) electrons. The van der Waals surface area contributed by atoms with Crippen molar-refractivity contribution >= 4 is 35.2 Å². The molecule has 1 aliphatic heterocycles. The Morgan fingerprint density at radius 2 is 0.392 bits per heavy atom. The summed E-state index contributed by atoms with van der Waals surface area (Å²) in [6, 6.07) is 0. The average Bonchev–Trinajstić information content (AvgIpc) is 0.738. The first-order chi connectivity index (χ1) is 55.7. The van der Waals surface area contributed by atoms with E-state index >= 15 is 0 Å². The largest absolute Gasteiger partial charge is 0.529 e. The maximum atomic E-state index is 12.7. The molecular weight excluding hydrogens is 1820 g/mol. The van der Waals surface area contributed by atoms with Crippen molar-refractivity contribution in [1.29, 1.82) is 0 Å². The third-order valence-electron chi connectivity index (χ3n) is 10.1. The van der Waals surface area contributed by atoms with E-state index in [0.717, 1.165) is 256 Å². The molecule has 120 heavy (non-hydrogen) atoms. The molecule has 0 fully saturated rings. The highest BCUT2D eigenvalue weighted by molar-refractivity contribution is 6.67. The maximum Gasteiger partial charge on any atom is 0.529 e. The Hall–Kier alpha value is -3.29. The van der Waals surface area contributed by atoms with Crippen molar-refractivity contribution in [3.8, 4) is 0 Å². The zero-order valence-electron chi connectivity index (χ0n) is 72.2. The fraction of sp³-hybridized carbons (Fsp3) is 0.857. The summed E-state index contributed by atoms with van der Waals surface area (Å²) < 4.78 is 356. The Labute approximate surface area is 687 Å². The lowest BCUT2D eigenvalue weighted by atomic mass is 9.98. The van der Waals surface area contributed by atoms with E-state index < -0.39 is 133 Å². The number of hydrogen-bond acceptors (Lipinski definition) is 36. The van der Waals surface area contributed by atoms with Gasteiger partial charge in [0.1, 0.15) is 0 Å². The Morgan fingerprint density at radius 3 is 0.483 bits per heavy atom. The quantitative estimate of drug-likeness (QED) is 0.0597. The fourth-order valence-electron chi connectivity index (χ4n) is 5.16. The van der Waals surface area contributed by atoms with E-state index in [1.54, 1.807) is 0 Å². The van der Waals surface area contributed by atoms with Crippen LogP contribution < -0.4 is 0 Å². The molecule has 0 amide bonds. The van der Waals surface area contributed by atoms with Crippen LogP contribution in [0.25, 0.3) is 0 Å². The molecule has 0 spiro atoms. The van der Waals surface area contributed by atoms with Gasteiger partial charge in [-0.3, -0.25) is 0 Å². The van der Waals surface area contributed by atoms with Gasteiger partial charge in [0.15, 0.2) is 0 Å². The van der Waals surface area contributed by atoms with Gasteiger partial charge in [0, 0.05) is 253 Å². The molecule has 64 heteroatoms. The van der Waals surface area contributed by atoms with E-state index in [4.69, 9.17) is 162 Å². The van der Waals surface area contributed by atoms with Gasteiger partial charge in [-0.1, -0.05) is 24.3 Å². The minimum absolute atomic E-state index is 0.476. The van der Waals surface area contributed by atoms with Crippen molar-refractivity contribution in [1.82, 2.24) is 0 Å². The van der Waals surface area contributed by atoms with Crippen LogP contribution in [0.1, 0.15) is 25.7 Å². The molecule has 24 N–H and O–H groups in total. The van der Waals surface area contributed by atoms with Crippen molar-refractivity contribution in [2.24, 2.45) is 0 Å². The zero-order valence-corrected chi connectivity index (χ0v) is 76.2. The molecule has 760 valence electrons. The molecule has 0 atom stereocenters. The smallest absolute Gasteiger partial charge is 0.400 e. The Morgan fingerprint density at radius 1 is 0.267 bits per heavy atom. The molecule has 0 aromatic carbocycles. The van der Waals surface area contributed by atoms with Crippen LogP contribution >= 0.6 is 0 Å². The number of aliphatic hydroxyl groups is 24. The van der Waals surface area contributed by atoms with Crippen molar-refractivity contribution in [2.75, 3.05) is 228 Å². The number of aliphatic hydroxyl groups excluding tert-OH is 21. The monoisotopic (exact) mass is 1950 g/mol. The van der Waals surface area contributed by atoms with Crippen LogP contribution in [-0.4, -0.2) is 457 Å². The van der Waals surface area contributed by atoms with E-state index in [2.05, 4.69) is 13.3 Å². The Bertz CT molecular complexity index is 1700. The molecule has 1 rings (SSSR count). The van der Waals surface area contributed by atoms with Crippen molar-refractivity contribution in [3.05, 3.63) is 47.1 Å². The highest BCUT2D eigenvalue weighted by Gasteiger charge is 2.76. The van der Waals surface area contributed by atoms with Crippen LogP contribution in [0.4, 0.5) is 105 Å². The van der Waals surface area contributed by atoms with E-state index in [-0.39, 0.29) is 0 Å². The first-order valence-corrected chi connectivity index (χ1v) is 36.5. The van der Waals surface area contributed by atoms with Crippen molar-refractivity contribution < 1.29 is 281 Å². The van der Waals surface area contributed by atoms with Crippen LogP contribution in [0, 0.1) is 0 Å². The van der Waals surface area contributed by atoms with Crippen LogP contribution in [-0.2, 0) is 53.1 Å². The van der Waals surface area contributed by atoms with Gasteiger partial charge in [-0.25, -0.2) is 0 Å². The lowest BCUT2D eigenvalue weighted by Gasteiger charge is -2.43. The second kappa shape index (κ2) is 112. The summed E-state index contributed by atoms with van der Waals surface area (Å²) in [4.78, 5) is 0. The lowest BCUT2D eigenvalue weighted by Crippen LogP contribution is -2.66. The highest BCUT2D eigenvalue weighted by atomic mass is 28.4. The van der Waals surface area contributed by atoms with Gasteiger partial charge < -0.3 is 176 Å². The predicted octanol–water partition coefficient (Wildman–Crippen LogP) is 0.993. The summed E-state index contributed by atoms with van der Waals surface area (Å²) in [6.45, 7) is 0. The molecule has 0 saturated carbocycles. The minimum atomic E-state index is -5.87. The molecule has 0 bridgehead atoms. The second-order valence-corrected chi connectivity index (χ2v) is 25.4. The maximum absolute atomic E-state index is 12.7. The number of rotatable bonds is 20. The second-order valence-electron chi connectivity index (χ2n) is 14.6. The van der Waals surface area contributed by atoms with Crippen LogP contribution in [0.5, 0.6) is 0 Å². The summed E-state index contributed by atoms with van der Waals surface area (Å²) in [5, 5.41) is 174. The average molecular weight is 1950 g/mol. The van der Waals surface area contributed by atoms with E-state index in [0.29, 0.717) is 18.2 Å². The third-order valence-corrected chi connectivity index (χ3v) is 19.6. The molecule has 0 aliphatic carbocycles. The van der Waals surface area contributed by atoms with Gasteiger partial charge in [0.2, 0.25) is 0 Å². The van der Waals surface area contributed by atoms with E-state index in [1.165, 1.54) is 0 Å². The molecular formula is C56H136F24O36Si4. The SMILES string of the molecule is CO.CO.CO.CO.CO.CO.CO.CO.CO.CO.CO.CO.CO.CO.CO.CO.CO.CO.CO.CO.CO.CO[Si](/C=C/CC(O)(C(F)(F)F)C(F)(F)F)(OC)OC.CO[Si](/C=C/CC(O)(C(F)(F)F)C(F)(F)F)(OC)OC.CO[Si](/C=C\CC(O)(C(F)(F)F)C(F)(F)F)(OC)OC.CO[Si]1(OC)C=CCC(C(F)(F)F)(C(F)(F)F)O1. The van der Waals surface area contributed by atoms with Gasteiger partial charge in [-0.15, -0.1) is 0 Å². The Kier molecular flexibility index (Phi) is 169. The predicted molar refractivity (Wildman–Crippen MR) is 393 cm³/mol. The van der Waals surface area contributed by atoms with Crippen LogP contribution in [0.2, 0.25) is 0 Å². The van der Waals surface area contributed by atoms with Crippen LogP contribution in [0.15, 0.2) is 47.1 Å². The van der Waals surface area contributed by atoms with Crippen LogP contribution in [0.3, 0.4) is 0 Å². The van der Waals surface area contributed by atoms with Gasteiger partial charge in [0.25, 0.3) is 22.4 Å². The number of halogens is 24. The van der Waals surface area contributed by atoms with E-state index in [9.17, 15) is 105 Å². The molecule has 0 unspecified atom stereocenters. The summed E-state index contributed by atoms with van der Waals surface area (Å²) in [6.07, 6.45) is -50.8. The van der Waals surface area contributed by atoms with E-state index in [1.807, 2.05) is 0 Å².